The highest BCUT2D eigenvalue weighted by Gasteiger charge is 2.07. The van der Waals surface area contributed by atoms with Crippen LogP contribution in [0.4, 0.5) is 0 Å². The molecule has 0 aliphatic carbocycles. The largest absolute Gasteiger partial charge is 0.313 e. The maximum absolute atomic E-state index is 3.46. The smallest absolute Gasteiger partial charge is 0.0166 e. The lowest BCUT2D eigenvalue weighted by molar-refractivity contribution is 0.244. The van der Waals surface area contributed by atoms with E-state index in [2.05, 4.69) is 50.0 Å². The lowest BCUT2D eigenvalue weighted by Crippen LogP contribution is -2.40. The fraction of sp³-hybridized carbons (Fsp3) is 1.00. The molecule has 0 amide bonds. The predicted molar refractivity (Wildman–Crippen MR) is 68.4 cm³/mol. The number of likely N-dealkylation sites (N-methyl/N-ethyl adjacent to an activating group) is 2. The second kappa shape index (κ2) is 9.13. The zero-order valence-corrected chi connectivity index (χ0v) is 11.2. The normalized spacial score (nSPS) is 13.8. The van der Waals surface area contributed by atoms with Crippen molar-refractivity contribution < 1.29 is 0 Å². The third-order valence-corrected chi connectivity index (χ3v) is 2.61. The lowest BCUT2D eigenvalue weighted by Gasteiger charge is -2.25. The molecule has 1 unspecified atom stereocenters. The highest BCUT2D eigenvalue weighted by atomic mass is 15.1. The Morgan fingerprint density at radius 3 is 2.27 bits per heavy atom. The zero-order valence-electron chi connectivity index (χ0n) is 11.2. The number of nitrogens with one attached hydrogen (secondary N) is 1. The molecule has 0 aromatic heterocycles. The van der Waals surface area contributed by atoms with Crippen LogP contribution in [0, 0.1) is 0 Å². The summed E-state index contributed by atoms with van der Waals surface area (Å²) < 4.78 is 0. The third kappa shape index (κ3) is 8.85. The van der Waals surface area contributed by atoms with E-state index >= 15 is 0 Å². The fourth-order valence-corrected chi connectivity index (χ4v) is 1.79. The van der Waals surface area contributed by atoms with Crippen LogP contribution in [0.3, 0.4) is 0 Å². The van der Waals surface area contributed by atoms with Crippen molar-refractivity contribution in [3.63, 3.8) is 0 Å². The second-order valence-electron chi connectivity index (χ2n) is 4.51. The quantitative estimate of drug-likeness (QED) is 0.625. The van der Waals surface area contributed by atoms with E-state index in [1.807, 2.05) is 0 Å². The Morgan fingerprint density at radius 1 is 1.13 bits per heavy atom. The highest BCUT2D eigenvalue weighted by Crippen LogP contribution is 1.95. The van der Waals surface area contributed by atoms with Gasteiger partial charge in [0.15, 0.2) is 0 Å². The second-order valence-corrected chi connectivity index (χ2v) is 4.51. The van der Waals surface area contributed by atoms with Gasteiger partial charge in [0.2, 0.25) is 0 Å². The minimum atomic E-state index is 0.606. The molecule has 0 heterocycles. The molecule has 0 radical (unpaired) electrons. The monoisotopic (exact) mass is 215 g/mol. The van der Waals surface area contributed by atoms with Crippen LogP contribution in [0.25, 0.3) is 0 Å². The van der Waals surface area contributed by atoms with Crippen molar-refractivity contribution in [3.05, 3.63) is 0 Å². The Hall–Kier alpha value is -0.120. The maximum atomic E-state index is 3.46. The summed E-state index contributed by atoms with van der Waals surface area (Å²) in [4.78, 5) is 4.78. The molecule has 0 saturated heterocycles. The van der Waals surface area contributed by atoms with Gasteiger partial charge < -0.3 is 15.1 Å². The van der Waals surface area contributed by atoms with E-state index in [9.17, 15) is 0 Å². The Bertz CT molecular complexity index is 137. The predicted octanol–water partition coefficient (Wildman–Crippen LogP) is 1.26. The van der Waals surface area contributed by atoms with E-state index in [0.717, 1.165) is 19.6 Å². The van der Waals surface area contributed by atoms with Crippen molar-refractivity contribution in [2.75, 3.05) is 46.8 Å². The SMILES string of the molecule is CCNC(C)CN(CC)CCCN(C)C. The Balaban J connectivity index is 3.62. The van der Waals surface area contributed by atoms with Crippen molar-refractivity contribution in [1.29, 1.82) is 0 Å². The molecule has 15 heavy (non-hydrogen) atoms. The van der Waals surface area contributed by atoms with Crippen LogP contribution >= 0.6 is 0 Å². The Labute approximate surface area is 95.8 Å². The third-order valence-electron chi connectivity index (χ3n) is 2.61. The van der Waals surface area contributed by atoms with E-state index in [1.165, 1.54) is 19.5 Å². The first-order chi connectivity index (χ1) is 7.10. The van der Waals surface area contributed by atoms with Crippen molar-refractivity contribution in [1.82, 2.24) is 15.1 Å². The number of nitrogens with zero attached hydrogens (tertiary/aromatic N) is 2. The minimum Gasteiger partial charge on any atom is -0.313 e. The van der Waals surface area contributed by atoms with Crippen LogP contribution in [-0.4, -0.2) is 62.7 Å². The summed E-state index contributed by atoms with van der Waals surface area (Å²) in [6.45, 7) is 12.5. The first-order valence-corrected chi connectivity index (χ1v) is 6.20. The van der Waals surface area contributed by atoms with Crippen molar-refractivity contribution in [2.45, 2.75) is 33.2 Å². The first-order valence-electron chi connectivity index (χ1n) is 6.20. The summed E-state index contributed by atoms with van der Waals surface area (Å²) in [5, 5.41) is 3.46. The van der Waals surface area contributed by atoms with Crippen LogP contribution in [0.15, 0.2) is 0 Å². The fourth-order valence-electron chi connectivity index (χ4n) is 1.79. The van der Waals surface area contributed by atoms with E-state index in [-0.39, 0.29) is 0 Å². The van der Waals surface area contributed by atoms with Crippen LogP contribution in [0.5, 0.6) is 0 Å². The topological polar surface area (TPSA) is 18.5 Å². The Morgan fingerprint density at radius 2 is 1.80 bits per heavy atom. The van der Waals surface area contributed by atoms with E-state index in [1.54, 1.807) is 0 Å². The Kier molecular flexibility index (Phi) is 9.06. The van der Waals surface area contributed by atoms with Gasteiger partial charge in [-0.05, 0) is 53.6 Å². The molecule has 1 N–H and O–H groups in total. The molecule has 0 aromatic carbocycles. The molecule has 1 atom stereocenters. The van der Waals surface area contributed by atoms with E-state index in [0.29, 0.717) is 6.04 Å². The van der Waals surface area contributed by atoms with Gasteiger partial charge in [0.25, 0.3) is 0 Å². The van der Waals surface area contributed by atoms with Gasteiger partial charge in [-0.3, -0.25) is 0 Å². The number of hydrogen-bond acceptors (Lipinski definition) is 3. The molecule has 92 valence electrons. The van der Waals surface area contributed by atoms with Gasteiger partial charge in [-0.1, -0.05) is 13.8 Å². The molecule has 0 saturated carbocycles. The van der Waals surface area contributed by atoms with Crippen molar-refractivity contribution >= 4 is 0 Å². The summed E-state index contributed by atoms with van der Waals surface area (Å²) in [7, 11) is 4.27. The van der Waals surface area contributed by atoms with Crippen LogP contribution in [0.2, 0.25) is 0 Å². The number of hydrogen-bond donors (Lipinski definition) is 1. The summed E-state index contributed by atoms with van der Waals surface area (Å²) in [5.41, 5.74) is 0. The highest BCUT2D eigenvalue weighted by molar-refractivity contribution is 4.66. The molecule has 3 heteroatoms. The molecule has 3 nitrogen and oxygen atoms in total. The zero-order chi connectivity index (χ0) is 11.7. The molecule has 0 bridgehead atoms. The summed E-state index contributed by atoms with van der Waals surface area (Å²) in [6.07, 6.45) is 1.26. The van der Waals surface area contributed by atoms with Crippen LogP contribution in [-0.2, 0) is 0 Å². The van der Waals surface area contributed by atoms with Gasteiger partial charge >= 0.3 is 0 Å². The molecular weight excluding hydrogens is 186 g/mol. The van der Waals surface area contributed by atoms with Gasteiger partial charge in [0, 0.05) is 12.6 Å². The minimum absolute atomic E-state index is 0.606. The van der Waals surface area contributed by atoms with Crippen molar-refractivity contribution in [3.8, 4) is 0 Å². The summed E-state index contributed by atoms with van der Waals surface area (Å²) >= 11 is 0. The van der Waals surface area contributed by atoms with Gasteiger partial charge in [-0.15, -0.1) is 0 Å². The number of rotatable bonds is 9. The molecular formula is C12H29N3. The summed E-state index contributed by atoms with van der Waals surface area (Å²) in [6, 6.07) is 0.606. The van der Waals surface area contributed by atoms with Crippen LogP contribution in [0.1, 0.15) is 27.2 Å². The van der Waals surface area contributed by atoms with Gasteiger partial charge in [-0.25, -0.2) is 0 Å². The van der Waals surface area contributed by atoms with Gasteiger partial charge in [0.1, 0.15) is 0 Å². The maximum Gasteiger partial charge on any atom is 0.0166 e. The molecule has 0 aromatic rings. The molecule has 0 aliphatic heterocycles. The van der Waals surface area contributed by atoms with Crippen LogP contribution < -0.4 is 5.32 Å². The standard InChI is InChI=1S/C12H29N3/c1-6-13-12(3)11-15(7-2)10-8-9-14(4)5/h12-13H,6-11H2,1-5H3. The average molecular weight is 215 g/mol. The van der Waals surface area contributed by atoms with E-state index in [4.69, 9.17) is 0 Å². The average Bonchev–Trinajstić information content (AvgIpc) is 2.16. The molecule has 0 rings (SSSR count). The molecule has 0 fully saturated rings. The molecule has 0 spiro atoms. The first kappa shape index (κ1) is 14.9. The summed E-state index contributed by atoms with van der Waals surface area (Å²) in [5.74, 6) is 0. The van der Waals surface area contributed by atoms with E-state index < -0.39 is 0 Å². The van der Waals surface area contributed by atoms with Gasteiger partial charge in [0.05, 0.1) is 0 Å². The lowest BCUT2D eigenvalue weighted by atomic mass is 10.2. The molecule has 0 aliphatic rings. The van der Waals surface area contributed by atoms with Crippen molar-refractivity contribution in [2.24, 2.45) is 0 Å². The van der Waals surface area contributed by atoms with Gasteiger partial charge in [-0.2, -0.15) is 0 Å².